The number of aromatic amines is 1. The molecule has 1 spiro atoms. The summed E-state index contributed by atoms with van der Waals surface area (Å²) in [5.41, 5.74) is 3.30. The van der Waals surface area contributed by atoms with Gasteiger partial charge in [0.1, 0.15) is 18.4 Å². The molecule has 2 aliphatic heterocycles. The van der Waals surface area contributed by atoms with E-state index in [1.54, 1.807) is 18.2 Å². The lowest BCUT2D eigenvalue weighted by Gasteiger charge is -2.41. The molecule has 2 aliphatic rings. The number of piperidine rings is 1. The third kappa shape index (κ3) is 4.35. The van der Waals surface area contributed by atoms with Gasteiger partial charge in [-0.1, -0.05) is 18.2 Å². The van der Waals surface area contributed by atoms with Gasteiger partial charge >= 0.3 is 0 Å². The zero-order valence-electron chi connectivity index (χ0n) is 19.6. The molecule has 0 bridgehead atoms. The molecule has 1 unspecified atom stereocenters. The van der Waals surface area contributed by atoms with Crippen LogP contribution in [0, 0.1) is 5.41 Å². The van der Waals surface area contributed by atoms with Crippen LogP contribution in [0.3, 0.4) is 0 Å². The van der Waals surface area contributed by atoms with Gasteiger partial charge in [0.15, 0.2) is 0 Å². The number of methoxy groups -OCH3 is 1. The molecule has 5 rings (SSSR count). The highest BCUT2D eigenvalue weighted by molar-refractivity contribution is 6.02. The van der Waals surface area contributed by atoms with Crippen molar-refractivity contribution in [2.45, 2.75) is 18.9 Å². The number of benzene rings is 2. The van der Waals surface area contributed by atoms with E-state index in [0.717, 1.165) is 22.5 Å². The monoisotopic (exact) mass is 475 g/mol. The molecule has 2 saturated heterocycles. The summed E-state index contributed by atoms with van der Waals surface area (Å²) < 4.78 is 5.36. The van der Waals surface area contributed by atoms with Crippen molar-refractivity contribution in [3.05, 3.63) is 60.9 Å². The number of H-pyrrole nitrogens is 1. The first-order valence-electron chi connectivity index (χ1n) is 11.7. The van der Waals surface area contributed by atoms with Crippen molar-refractivity contribution in [1.29, 1.82) is 0 Å². The Morgan fingerprint density at radius 3 is 2.63 bits per heavy atom. The smallest absolute Gasteiger partial charge is 0.250 e. The third-order valence-electron chi connectivity index (χ3n) is 7.24. The third-order valence-corrected chi connectivity index (χ3v) is 7.24. The van der Waals surface area contributed by atoms with E-state index >= 15 is 0 Å². The predicted molar refractivity (Wildman–Crippen MR) is 132 cm³/mol. The predicted octanol–water partition coefficient (Wildman–Crippen LogP) is 2.51. The number of carbonyl (C=O) groups is 2. The van der Waals surface area contributed by atoms with E-state index in [4.69, 9.17) is 4.74 Å². The minimum absolute atomic E-state index is 0.00538. The summed E-state index contributed by atoms with van der Waals surface area (Å²) in [6.45, 7) is 1.08. The summed E-state index contributed by atoms with van der Waals surface area (Å²) in [5.74, 6) is 0.448. The zero-order valence-corrected chi connectivity index (χ0v) is 19.6. The lowest BCUT2D eigenvalue weighted by molar-refractivity contribution is -0.136. The second-order valence-electron chi connectivity index (χ2n) is 9.17. The number of aliphatic hydroxyl groups excluding tert-OH is 1. The topological polar surface area (TPSA) is 111 Å². The van der Waals surface area contributed by atoms with Crippen LogP contribution in [0.2, 0.25) is 0 Å². The number of amides is 2. The first kappa shape index (κ1) is 22.9. The van der Waals surface area contributed by atoms with Gasteiger partial charge in [0.05, 0.1) is 13.3 Å². The highest BCUT2D eigenvalue weighted by atomic mass is 16.5. The normalized spacial score (nSPS) is 19.3. The summed E-state index contributed by atoms with van der Waals surface area (Å²) in [6.07, 6.45) is 4.92. The minimum Gasteiger partial charge on any atom is -0.497 e. The quantitative estimate of drug-likeness (QED) is 0.505. The minimum atomic E-state index is -0.493. The van der Waals surface area contributed by atoms with Gasteiger partial charge in [-0.2, -0.15) is 5.10 Å². The van der Waals surface area contributed by atoms with E-state index in [9.17, 15) is 14.7 Å². The molecule has 9 heteroatoms. The maximum absolute atomic E-state index is 13.8. The Balaban J connectivity index is 1.43. The van der Waals surface area contributed by atoms with E-state index < -0.39 is 12.6 Å². The molecule has 35 heavy (non-hydrogen) atoms. The second-order valence-corrected chi connectivity index (χ2v) is 9.17. The molecule has 2 aromatic carbocycles. The number of carbonyl (C=O) groups excluding carboxylic acids is 2. The summed E-state index contributed by atoms with van der Waals surface area (Å²) in [6, 6.07) is 15.0. The highest BCUT2D eigenvalue weighted by Gasteiger charge is 2.54. The zero-order chi connectivity index (χ0) is 24.4. The average molecular weight is 476 g/mol. The summed E-state index contributed by atoms with van der Waals surface area (Å²) >= 11 is 0. The van der Waals surface area contributed by atoms with E-state index in [1.165, 1.54) is 0 Å². The first-order valence-corrected chi connectivity index (χ1v) is 11.7. The number of hydrogen-bond acceptors (Lipinski definition) is 6. The average Bonchev–Trinajstić information content (AvgIpc) is 3.53. The molecule has 182 valence electrons. The van der Waals surface area contributed by atoms with Crippen LogP contribution in [0.25, 0.3) is 11.1 Å². The van der Waals surface area contributed by atoms with Crippen molar-refractivity contribution < 1.29 is 19.4 Å². The van der Waals surface area contributed by atoms with Gasteiger partial charge in [-0.3, -0.25) is 14.7 Å². The number of aromatic nitrogens is 2. The standard InChI is InChI=1S/C26H29N5O4/c1-35-22-4-2-3-20(13-22)29-24-25(34)31(17-26(24)9-11-30(12-10-26)23(33)16-32)21-7-5-18(6-8-21)19-14-27-28-15-19/h2-8,13-15,24,29,32H,9-12,16-17H2,1H3,(H,27,28). The van der Waals surface area contributed by atoms with Crippen molar-refractivity contribution in [3.8, 4) is 16.9 Å². The fraction of sp³-hybridized carbons (Fsp3) is 0.346. The largest absolute Gasteiger partial charge is 0.497 e. The highest BCUT2D eigenvalue weighted by Crippen LogP contribution is 2.44. The van der Waals surface area contributed by atoms with Crippen LogP contribution in [0.15, 0.2) is 60.9 Å². The van der Waals surface area contributed by atoms with Crippen molar-refractivity contribution in [1.82, 2.24) is 15.1 Å². The van der Waals surface area contributed by atoms with E-state index in [1.807, 2.05) is 59.6 Å². The van der Waals surface area contributed by atoms with Crippen LogP contribution in [0.5, 0.6) is 5.75 Å². The molecule has 2 amide bonds. The molecule has 3 aromatic rings. The maximum Gasteiger partial charge on any atom is 0.250 e. The molecule has 3 N–H and O–H groups in total. The van der Waals surface area contributed by atoms with Crippen molar-refractivity contribution >= 4 is 23.2 Å². The number of nitrogens with one attached hydrogen (secondary N) is 2. The number of aliphatic hydroxyl groups is 1. The van der Waals surface area contributed by atoms with Crippen LogP contribution in [0.4, 0.5) is 11.4 Å². The number of nitrogens with zero attached hydrogens (tertiary/aromatic N) is 3. The van der Waals surface area contributed by atoms with Crippen LogP contribution < -0.4 is 15.0 Å². The van der Waals surface area contributed by atoms with Crippen molar-refractivity contribution in [2.24, 2.45) is 5.41 Å². The Hall–Kier alpha value is -3.85. The van der Waals surface area contributed by atoms with Crippen LogP contribution in [0.1, 0.15) is 12.8 Å². The molecular formula is C26H29N5O4. The fourth-order valence-corrected chi connectivity index (χ4v) is 5.21. The Morgan fingerprint density at radius 1 is 1.20 bits per heavy atom. The Morgan fingerprint density at radius 2 is 1.97 bits per heavy atom. The molecule has 3 heterocycles. The first-order chi connectivity index (χ1) is 17.0. The van der Waals surface area contributed by atoms with Crippen LogP contribution in [-0.4, -0.2) is 71.4 Å². The second kappa shape index (κ2) is 9.42. The molecule has 0 radical (unpaired) electrons. The molecular weight excluding hydrogens is 446 g/mol. The number of ether oxygens (including phenoxy) is 1. The summed E-state index contributed by atoms with van der Waals surface area (Å²) in [5, 5.41) is 19.6. The summed E-state index contributed by atoms with van der Waals surface area (Å²) in [4.78, 5) is 29.4. The number of hydrogen-bond donors (Lipinski definition) is 3. The molecule has 0 saturated carbocycles. The fourth-order valence-electron chi connectivity index (χ4n) is 5.21. The van der Waals surface area contributed by atoms with Crippen molar-refractivity contribution in [3.63, 3.8) is 0 Å². The number of likely N-dealkylation sites (tertiary alicyclic amines) is 1. The molecule has 1 aromatic heterocycles. The van der Waals surface area contributed by atoms with Gasteiger partial charge in [-0.15, -0.1) is 0 Å². The van der Waals surface area contributed by atoms with Crippen LogP contribution in [-0.2, 0) is 9.59 Å². The summed E-state index contributed by atoms with van der Waals surface area (Å²) in [7, 11) is 1.62. The van der Waals surface area contributed by atoms with Gasteiger partial charge in [-0.25, -0.2) is 0 Å². The van der Waals surface area contributed by atoms with E-state index in [0.29, 0.717) is 38.2 Å². The SMILES string of the molecule is COc1cccc(NC2C(=O)N(c3ccc(-c4cn[nH]c4)cc3)CC23CCN(C(=O)CO)CC3)c1. The lowest BCUT2D eigenvalue weighted by atomic mass is 9.74. The molecule has 2 fully saturated rings. The molecule has 0 aliphatic carbocycles. The van der Waals surface area contributed by atoms with Gasteiger partial charge in [0, 0.05) is 54.3 Å². The maximum atomic E-state index is 13.8. The van der Waals surface area contributed by atoms with Gasteiger partial charge < -0.3 is 25.0 Å². The van der Waals surface area contributed by atoms with Gasteiger partial charge in [-0.05, 0) is 42.7 Å². The van der Waals surface area contributed by atoms with Crippen LogP contribution >= 0.6 is 0 Å². The molecule has 9 nitrogen and oxygen atoms in total. The lowest BCUT2D eigenvalue weighted by Crippen LogP contribution is -2.51. The van der Waals surface area contributed by atoms with Gasteiger partial charge in [0.2, 0.25) is 11.8 Å². The Bertz CT molecular complexity index is 1190. The number of rotatable bonds is 6. The van der Waals surface area contributed by atoms with Crippen molar-refractivity contribution in [2.75, 3.05) is 43.6 Å². The Kier molecular flexibility index (Phi) is 6.17. The van der Waals surface area contributed by atoms with E-state index in [2.05, 4.69) is 15.5 Å². The number of anilines is 2. The Labute approximate surface area is 203 Å². The van der Waals surface area contributed by atoms with E-state index in [-0.39, 0.29) is 17.2 Å². The van der Waals surface area contributed by atoms with Gasteiger partial charge in [0.25, 0.3) is 0 Å². The molecule has 1 atom stereocenters.